The molecule has 0 spiro atoms. The SMILES string of the molecule is CCN(CCCNC(=O)c1cc(C)on1)C(=O)OC(C)(C)C. The number of nitrogens with one attached hydrogen (secondary N) is 1. The first-order chi connectivity index (χ1) is 10.2. The van der Waals surface area contributed by atoms with E-state index in [2.05, 4.69) is 10.5 Å². The number of carbonyl (C=O) groups excluding carboxylic acids is 2. The molecule has 22 heavy (non-hydrogen) atoms. The molecule has 0 bridgehead atoms. The van der Waals surface area contributed by atoms with Crippen LogP contribution in [0.1, 0.15) is 50.4 Å². The van der Waals surface area contributed by atoms with Gasteiger partial charge in [-0.3, -0.25) is 4.79 Å². The number of rotatable bonds is 6. The van der Waals surface area contributed by atoms with Gasteiger partial charge in [-0.05, 0) is 41.0 Å². The van der Waals surface area contributed by atoms with E-state index in [1.807, 2.05) is 27.7 Å². The van der Waals surface area contributed by atoms with E-state index < -0.39 is 5.60 Å². The molecule has 0 atom stereocenters. The van der Waals surface area contributed by atoms with E-state index in [4.69, 9.17) is 9.26 Å². The smallest absolute Gasteiger partial charge is 0.410 e. The summed E-state index contributed by atoms with van der Waals surface area (Å²) in [6.45, 7) is 10.6. The van der Waals surface area contributed by atoms with Crippen LogP contribution in [-0.4, -0.2) is 47.3 Å². The van der Waals surface area contributed by atoms with Gasteiger partial charge in [0.2, 0.25) is 0 Å². The zero-order chi connectivity index (χ0) is 16.8. The van der Waals surface area contributed by atoms with Gasteiger partial charge in [-0.1, -0.05) is 5.16 Å². The predicted octanol–water partition coefficient (Wildman–Crippen LogP) is 2.36. The monoisotopic (exact) mass is 311 g/mol. The van der Waals surface area contributed by atoms with Crippen LogP contribution in [-0.2, 0) is 4.74 Å². The number of aromatic nitrogens is 1. The van der Waals surface area contributed by atoms with Crippen LogP contribution in [0.3, 0.4) is 0 Å². The minimum Gasteiger partial charge on any atom is -0.444 e. The summed E-state index contributed by atoms with van der Waals surface area (Å²) in [6, 6.07) is 1.58. The fourth-order valence-corrected chi connectivity index (χ4v) is 1.74. The molecule has 1 aromatic heterocycles. The van der Waals surface area contributed by atoms with Gasteiger partial charge in [0.15, 0.2) is 5.69 Å². The minimum absolute atomic E-state index is 0.261. The van der Waals surface area contributed by atoms with Crippen molar-refractivity contribution in [3.05, 3.63) is 17.5 Å². The van der Waals surface area contributed by atoms with Crippen LogP contribution in [0.2, 0.25) is 0 Å². The average Bonchev–Trinajstić information content (AvgIpc) is 2.83. The van der Waals surface area contributed by atoms with Crippen LogP contribution in [0, 0.1) is 6.92 Å². The molecule has 1 rings (SSSR count). The summed E-state index contributed by atoms with van der Waals surface area (Å²) in [6.07, 6.45) is 0.295. The predicted molar refractivity (Wildman–Crippen MR) is 81.7 cm³/mol. The average molecular weight is 311 g/mol. The molecule has 0 aromatic carbocycles. The number of ether oxygens (including phenoxy) is 1. The Morgan fingerprint density at radius 2 is 2.09 bits per heavy atom. The first kappa shape index (κ1) is 18.0. The summed E-state index contributed by atoms with van der Waals surface area (Å²) in [5.74, 6) is 0.310. The minimum atomic E-state index is -0.510. The van der Waals surface area contributed by atoms with Crippen LogP contribution >= 0.6 is 0 Å². The molecule has 124 valence electrons. The van der Waals surface area contributed by atoms with Crippen molar-refractivity contribution in [2.45, 2.75) is 46.6 Å². The Balaban J connectivity index is 2.32. The molecule has 2 amide bonds. The molecule has 0 aliphatic carbocycles. The highest BCUT2D eigenvalue weighted by Gasteiger charge is 2.20. The van der Waals surface area contributed by atoms with E-state index in [1.54, 1.807) is 17.9 Å². The summed E-state index contributed by atoms with van der Waals surface area (Å²) in [5, 5.41) is 6.38. The van der Waals surface area contributed by atoms with Crippen molar-refractivity contribution in [1.82, 2.24) is 15.4 Å². The van der Waals surface area contributed by atoms with E-state index in [9.17, 15) is 9.59 Å². The Labute approximate surface area is 131 Å². The van der Waals surface area contributed by atoms with Crippen molar-refractivity contribution in [1.29, 1.82) is 0 Å². The maximum atomic E-state index is 11.9. The van der Waals surface area contributed by atoms with Crippen molar-refractivity contribution in [3.8, 4) is 0 Å². The molecule has 7 heteroatoms. The van der Waals surface area contributed by atoms with Crippen molar-refractivity contribution in [2.24, 2.45) is 0 Å². The third kappa shape index (κ3) is 6.15. The Hall–Kier alpha value is -2.05. The Morgan fingerprint density at radius 3 is 2.59 bits per heavy atom. The number of hydrogen-bond acceptors (Lipinski definition) is 5. The number of nitrogens with zero attached hydrogens (tertiary/aromatic N) is 2. The number of aryl methyl sites for hydroxylation is 1. The zero-order valence-corrected chi connectivity index (χ0v) is 13.9. The molecule has 0 radical (unpaired) electrons. The standard InChI is InChI=1S/C15H25N3O4/c1-6-18(14(20)21-15(3,4)5)9-7-8-16-13(19)12-10-11(2)22-17-12/h10H,6-9H2,1-5H3,(H,16,19). The second-order valence-electron chi connectivity index (χ2n) is 5.99. The van der Waals surface area contributed by atoms with E-state index >= 15 is 0 Å². The van der Waals surface area contributed by atoms with E-state index in [1.165, 1.54) is 0 Å². The zero-order valence-electron chi connectivity index (χ0n) is 13.9. The second kappa shape index (κ2) is 7.82. The summed E-state index contributed by atoms with van der Waals surface area (Å²) in [7, 11) is 0. The normalized spacial score (nSPS) is 11.1. The van der Waals surface area contributed by atoms with Gasteiger partial charge in [-0.15, -0.1) is 0 Å². The Kier molecular flexibility index (Phi) is 6.39. The van der Waals surface area contributed by atoms with Gasteiger partial charge in [-0.25, -0.2) is 4.79 Å². The fourth-order valence-electron chi connectivity index (χ4n) is 1.74. The summed E-state index contributed by atoms with van der Waals surface area (Å²) in [5.41, 5.74) is -0.249. The largest absolute Gasteiger partial charge is 0.444 e. The molecule has 1 aromatic rings. The van der Waals surface area contributed by atoms with Crippen molar-refractivity contribution < 1.29 is 18.8 Å². The van der Waals surface area contributed by atoms with Crippen molar-refractivity contribution >= 4 is 12.0 Å². The number of amides is 2. The van der Waals surface area contributed by atoms with Gasteiger partial charge in [0.05, 0.1) is 0 Å². The lowest BCUT2D eigenvalue weighted by Gasteiger charge is -2.26. The molecule has 1 heterocycles. The maximum Gasteiger partial charge on any atom is 0.410 e. The summed E-state index contributed by atoms with van der Waals surface area (Å²) in [4.78, 5) is 25.3. The molecular formula is C15H25N3O4. The lowest BCUT2D eigenvalue weighted by Crippen LogP contribution is -2.38. The highest BCUT2D eigenvalue weighted by atomic mass is 16.6. The van der Waals surface area contributed by atoms with Crippen LogP contribution < -0.4 is 5.32 Å². The van der Waals surface area contributed by atoms with Crippen LogP contribution in [0.25, 0.3) is 0 Å². The van der Waals surface area contributed by atoms with E-state index in [0.717, 1.165) is 0 Å². The molecule has 1 N–H and O–H groups in total. The first-order valence-corrected chi connectivity index (χ1v) is 7.42. The fraction of sp³-hybridized carbons (Fsp3) is 0.667. The lowest BCUT2D eigenvalue weighted by atomic mass is 10.2. The highest BCUT2D eigenvalue weighted by Crippen LogP contribution is 2.10. The summed E-state index contributed by atoms with van der Waals surface area (Å²) < 4.78 is 10.2. The topological polar surface area (TPSA) is 84.7 Å². The van der Waals surface area contributed by atoms with Crippen molar-refractivity contribution in [2.75, 3.05) is 19.6 Å². The molecule has 0 unspecified atom stereocenters. The van der Waals surface area contributed by atoms with Crippen LogP contribution in [0.15, 0.2) is 10.6 Å². The van der Waals surface area contributed by atoms with E-state index in [-0.39, 0.29) is 17.7 Å². The third-order valence-corrected chi connectivity index (χ3v) is 2.78. The van der Waals surface area contributed by atoms with Gasteiger partial charge < -0.3 is 19.5 Å². The molecule has 0 aliphatic rings. The molecule has 0 saturated heterocycles. The highest BCUT2D eigenvalue weighted by molar-refractivity contribution is 5.92. The molecule has 0 saturated carbocycles. The maximum absolute atomic E-state index is 11.9. The quantitative estimate of drug-likeness (QED) is 0.815. The Bertz CT molecular complexity index is 505. The van der Waals surface area contributed by atoms with Gasteiger partial charge in [0, 0.05) is 25.7 Å². The van der Waals surface area contributed by atoms with Gasteiger partial charge in [0.1, 0.15) is 11.4 Å². The number of carbonyl (C=O) groups is 2. The first-order valence-electron chi connectivity index (χ1n) is 7.42. The molecule has 0 aliphatic heterocycles. The molecular weight excluding hydrogens is 286 g/mol. The van der Waals surface area contributed by atoms with Crippen LogP contribution in [0.4, 0.5) is 4.79 Å². The molecule has 7 nitrogen and oxygen atoms in total. The van der Waals surface area contributed by atoms with Crippen molar-refractivity contribution in [3.63, 3.8) is 0 Å². The third-order valence-electron chi connectivity index (χ3n) is 2.78. The Morgan fingerprint density at radius 1 is 1.41 bits per heavy atom. The molecule has 0 fully saturated rings. The lowest BCUT2D eigenvalue weighted by molar-refractivity contribution is 0.0259. The van der Waals surface area contributed by atoms with Gasteiger partial charge >= 0.3 is 6.09 Å². The second-order valence-corrected chi connectivity index (χ2v) is 5.99. The summed E-state index contributed by atoms with van der Waals surface area (Å²) >= 11 is 0. The van der Waals surface area contributed by atoms with Crippen LogP contribution in [0.5, 0.6) is 0 Å². The van der Waals surface area contributed by atoms with E-state index in [0.29, 0.717) is 31.8 Å². The van der Waals surface area contributed by atoms with Gasteiger partial charge in [0.25, 0.3) is 5.91 Å². The van der Waals surface area contributed by atoms with Gasteiger partial charge in [-0.2, -0.15) is 0 Å². The number of hydrogen-bond donors (Lipinski definition) is 1.